The number of rotatable bonds is 8. The summed E-state index contributed by atoms with van der Waals surface area (Å²) in [7, 11) is 4.35. The zero-order valence-electron chi connectivity index (χ0n) is 12.4. The molecule has 0 saturated heterocycles. The molecule has 0 heterocycles. The van der Waals surface area contributed by atoms with E-state index in [1.807, 2.05) is 0 Å². The summed E-state index contributed by atoms with van der Waals surface area (Å²) in [6, 6.07) is 0.589. The molecule has 0 radical (unpaired) electrons. The summed E-state index contributed by atoms with van der Waals surface area (Å²) in [6.45, 7) is 12.5. The van der Waals surface area contributed by atoms with Gasteiger partial charge < -0.3 is 10.2 Å². The van der Waals surface area contributed by atoms with Crippen LogP contribution in [0.4, 0.5) is 0 Å². The van der Waals surface area contributed by atoms with Crippen molar-refractivity contribution in [3.8, 4) is 0 Å². The van der Waals surface area contributed by atoms with Crippen LogP contribution >= 0.6 is 0 Å². The van der Waals surface area contributed by atoms with Crippen LogP contribution in [-0.2, 0) is 0 Å². The van der Waals surface area contributed by atoms with Gasteiger partial charge in [0, 0.05) is 11.6 Å². The van der Waals surface area contributed by atoms with Crippen LogP contribution in [0.1, 0.15) is 53.9 Å². The Kier molecular flexibility index (Phi) is 7.25. The second-order valence-corrected chi connectivity index (χ2v) is 5.98. The van der Waals surface area contributed by atoms with E-state index in [0.29, 0.717) is 6.04 Å². The van der Waals surface area contributed by atoms with Crippen LogP contribution in [0.25, 0.3) is 0 Å². The van der Waals surface area contributed by atoms with Crippen molar-refractivity contribution in [1.29, 1.82) is 0 Å². The van der Waals surface area contributed by atoms with Gasteiger partial charge >= 0.3 is 0 Å². The van der Waals surface area contributed by atoms with E-state index in [1.54, 1.807) is 0 Å². The molecule has 1 unspecified atom stereocenters. The average Bonchev–Trinajstić information content (AvgIpc) is 2.15. The molecule has 0 rings (SSSR count). The van der Waals surface area contributed by atoms with Crippen molar-refractivity contribution in [2.45, 2.75) is 65.5 Å². The number of nitrogens with zero attached hydrogens (tertiary/aromatic N) is 1. The van der Waals surface area contributed by atoms with E-state index < -0.39 is 0 Å². The molecule has 0 aromatic heterocycles. The number of hydrogen-bond acceptors (Lipinski definition) is 2. The van der Waals surface area contributed by atoms with Gasteiger partial charge in [-0.15, -0.1) is 0 Å². The molecule has 1 N–H and O–H groups in total. The van der Waals surface area contributed by atoms with Crippen molar-refractivity contribution in [2.24, 2.45) is 5.92 Å². The van der Waals surface area contributed by atoms with Crippen LogP contribution in [0.15, 0.2) is 0 Å². The molecule has 0 aromatic rings. The molecule has 0 amide bonds. The Bertz CT molecular complexity index is 174. The average molecular weight is 228 g/mol. The fourth-order valence-electron chi connectivity index (χ4n) is 1.99. The van der Waals surface area contributed by atoms with Gasteiger partial charge in [0.05, 0.1) is 0 Å². The summed E-state index contributed by atoms with van der Waals surface area (Å²) in [5.41, 5.74) is 0.229. The molecular formula is C14H32N2. The third kappa shape index (κ3) is 5.31. The highest BCUT2D eigenvalue weighted by atomic mass is 15.2. The molecule has 0 bridgehead atoms. The predicted octanol–water partition coefficient (Wildman–Crippen LogP) is 3.13. The van der Waals surface area contributed by atoms with E-state index in [4.69, 9.17) is 0 Å². The maximum atomic E-state index is 3.64. The highest BCUT2D eigenvalue weighted by Gasteiger charge is 2.30. The fourth-order valence-corrected chi connectivity index (χ4v) is 1.99. The van der Waals surface area contributed by atoms with Crippen molar-refractivity contribution in [2.75, 3.05) is 20.6 Å². The van der Waals surface area contributed by atoms with Gasteiger partial charge in [-0.25, -0.2) is 0 Å². The molecule has 16 heavy (non-hydrogen) atoms. The van der Waals surface area contributed by atoms with E-state index in [2.05, 4.69) is 58.9 Å². The second kappa shape index (κ2) is 7.29. The first-order chi connectivity index (χ1) is 7.32. The minimum Gasteiger partial charge on any atom is -0.312 e. The Morgan fingerprint density at radius 2 is 1.69 bits per heavy atom. The third-order valence-electron chi connectivity index (χ3n) is 3.73. The van der Waals surface area contributed by atoms with E-state index in [9.17, 15) is 0 Å². The maximum Gasteiger partial charge on any atom is 0.0300 e. The zero-order valence-corrected chi connectivity index (χ0v) is 12.4. The minimum absolute atomic E-state index is 0.229. The van der Waals surface area contributed by atoms with Gasteiger partial charge in [0.25, 0.3) is 0 Å². The first-order valence-corrected chi connectivity index (χ1v) is 6.73. The highest BCUT2D eigenvalue weighted by Crippen LogP contribution is 2.21. The summed E-state index contributed by atoms with van der Waals surface area (Å²) < 4.78 is 0. The van der Waals surface area contributed by atoms with Crippen LogP contribution in [-0.4, -0.2) is 37.1 Å². The Hall–Kier alpha value is -0.0800. The lowest BCUT2D eigenvalue weighted by atomic mass is 9.88. The van der Waals surface area contributed by atoms with Crippen molar-refractivity contribution < 1.29 is 0 Å². The van der Waals surface area contributed by atoms with E-state index in [1.165, 1.54) is 19.3 Å². The maximum absolute atomic E-state index is 3.64. The lowest BCUT2D eigenvalue weighted by molar-refractivity contribution is 0.131. The summed E-state index contributed by atoms with van der Waals surface area (Å²) in [6.07, 6.45) is 3.94. The Morgan fingerprint density at radius 1 is 1.12 bits per heavy atom. The third-order valence-corrected chi connectivity index (χ3v) is 3.73. The van der Waals surface area contributed by atoms with Crippen molar-refractivity contribution in [1.82, 2.24) is 10.2 Å². The molecular weight excluding hydrogens is 196 g/mol. The van der Waals surface area contributed by atoms with E-state index in [-0.39, 0.29) is 5.54 Å². The van der Waals surface area contributed by atoms with Gasteiger partial charge in [-0.2, -0.15) is 0 Å². The molecule has 0 aliphatic rings. The zero-order chi connectivity index (χ0) is 12.8. The molecule has 2 heteroatoms. The normalized spacial score (nSPS) is 14.8. The molecule has 98 valence electrons. The molecule has 0 aliphatic heterocycles. The monoisotopic (exact) mass is 228 g/mol. The summed E-state index contributed by atoms with van der Waals surface area (Å²) in [5, 5.41) is 3.64. The van der Waals surface area contributed by atoms with E-state index >= 15 is 0 Å². The van der Waals surface area contributed by atoms with Gasteiger partial charge in [0.1, 0.15) is 0 Å². The van der Waals surface area contributed by atoms with Gasteiger partial charge in [-0.3, -0.25) is 0 Å². The van der Waals surface area contributed by atoms with Crippen LogP contribution in [0, 0.1) is 5.92 Å². The highest BCUT2D eigenvalue weighted by molar-refractivity contribution is 4.90. The molecule has 1 atom stereocenters. The topological polar surface area (TPSA) is 15.3 Å². The summed E-state index contributed by atoms with van der Waals surface area (Å²) >= 11 is 0. The molecule has 0 aliphatic carbocycles. The molecule has 2 nitrogen and oxygen atoms in total. The largest absolute Gasteiger partial charge is 0.312 e. The number of likely N-dealkylation sites (N-methyl/N-ethyl adjacent to an activating group) is 2. The number of nitrogens with one attached hydrogen (secondary N) is 1. The van der Waals surface area contributed by atoms with Gasteiger partial charge in [0.15, 0.2) is 0 Å². The SMILES string of the molecule is CCNC(CCCC(C)C)C(C)(C)N(C)C. The van der Waals surface area contributed by atoms with Crippen LogP contribution < -0.4 is 5.32 Å². The van der Waals surface area contributed by atoms with Crippen LogP contribution in [0.5, 0.6) is 0 Å². The molecule has 0 saturated carbocycles. The first-order valence-electron chi connectivity index (χ1n) is 6.73. The first kappa shape index (κ1) is 15.9. The van der Waals surface area contributed by atoms with Crippen molar-refractivity contribution in [3.05, 3.63) is 0 Å². The summed E-state index contributed by atoms with van der Waals surface area (Å²) in [4.78, 5) is 2.33. The fraction of sp³-hybridized carbons (Fsp3) is 1.00. The Labute approximate surface area is 103 Å². The lowest BCUT2D eigenvalue weighted by Crippen LogP contribution is -2.55. The molecule has 0 aromatic carbocycles. The Balaban J connectivity index is 4.26. The molecule has 0 fully saturated rings. The van der Waals surface area contributed by atoms with Crippen LogP contribution in [0.3, 0.4) is 0 Å². The van der Waals surface area contributed by atoms with Crippen LogP contribution in [0.2, 0.25) is 0 Å². The van der Waals surface area contributed by atoms with Crippen molar-refractivity contribution >= 4 is 0 Å². The van der Waals surface area contributed by atoms with Gasteiger partial charge in [-0.1, -0.05) is 33.6 Å². The number of hydrogen-bond donors (Lipinski definition) is 1. The van der Waals surface area contributed by atoms with Gasteiger partial charge in [-0.05, 0) is 46.8 Å². The van der Waals surface area contributed by atoms with Crippen molar-refractivity contribution in [3.63, 3.8) is 0 Å². The lowest BCUT2D eigenvalue weighted by Gasteiger charge is -2.41. The summed E-state index contributed by atoms with van der Waals surface area (Å²) in [5.74, 6) is 0.824. The molecule has 0 spiro atoms. The second-order valence-electron chi connectivity index (χ2n) is 5.98. The standard InChI is InChI=1S/C14H32N2/c1-8-15-13(11-9-10-12(2)3)14(4,5)16(6)7/h12-13,15H,8-11H2,1-7H3. The predicted molar refractivity (Wildman–Crippen MR) is 73.9 cm³/mol. The Morgan fingerprint density at radius 3 is 2.06 bits per heavy atom. The minimum atomic E-state index is 0.229. The van der Waals surface area contributed by atoms with Gasteiger partial charge in [0.2, 0.25) is 0 Å². The van der Waals surface area contributed by atoms with E-state index in [0.717, 1.165) is 12.5 Å². The quantitative estimate of drug-likeness (QED) is 0.686. The smallest absolute Gasteiger partial charge is 0.0300 e.